The standard InChI is InChI=1S/C9H14N2O3/c1-6-7(2)11(13)5-10(6)8(3)9(12)14-4/h5,8H,1-4H3/t8-/m0/s1. The Hall–Kier alpha value is -1.52. The minimum absolute atomic E-state index is 0.358. The Balaban J connectivity index is 3.07. The highest BCUT2D eigenvalue weighted by molar-refractivity contribution is 5.73. The summed E-state index contributed by atoms with van der Waals surface area (Å²) in [6, 6.07) is -0.464. The van der Waals surface area contributed by atoms with E-state index in [4.69, 9.17) is 0 Å². The average Bonchev–Trinajstić information content (AvgIpc) is 2.43. The van der Waals surface area contributed by atoms with Gasteiger partial charge in [0, 0.05) is 13.8 Å². The third-order valence-corrected chi connectivity index (χ3v) is 2.43. The molecule has 1 aromatic heterocycles. The van der Waals surface area contributed by atoms with E-state index in [9.17, 15) is 10.0 Å². The lowest BCUT2D eigenvalue weighted by atomic mass is 10.3. The molecule has 0 radical (unpaired) electrons. The van der Waals surface area contributed by atoms with Gasteiger partial charge in [-0.1, -0.05) is 0 Å². The molecule has 0 aliphatic heterocycles. The molecule has 1 aromatic rings. The van der Waals surface area contributed by atoms with E-state index in [1.54, 1.807) is 25.3 Å². The van der Waals surface area contributed by atoms with E-state index in [-0.39, 0.29) is 5.97 Å². The molecule has 5 heteroatoms. The number of methoxy groups -OCH3 is 1. The van der Waals surface area contributed by atoms with E-state index in [1.165, 1.54) is 13.4 Å². The van der Waals surface area contributed by atoms with Crippen LogP contribution >= 0.6 is 0 Å². The number of carbonyl (C=O) groups excluding carboxylic acids is 1. The summed E-state index contributed by atoms with van der Waals surface area (Å²) in [5.74, 6) is -0.358. The SMILES string of the molecule is COC(=O)[C@H](C)n1c[n+]([O-])c(C)c1C. The average molecular weight is 198 g/mol. The highest BCUT2D eigenvalue weighted by Crippen LogP contribution is 2.12. The van der Waals surface area contributed by atoms with Crippen LogP contribution in [0.15, 0.2) is 6.33 Å². The lowest BCUT2D eigenvalue weighted by Gasteiger charge is -2.06. The number of rotatable bonds is 2. The minimum Gasteiger partial charge on any atom is -0.711 e. The van der Waals surface area contributed by atoms with Gasteiger partial charge in [-0.15, -0.1) is 0 Å². The molecule has 0 bridgehead atoms. The van der Waals surface area contributed by atoms with Crippen molar-refractivity contribution in [1.29, 1.82) is 0 Å². The largest absolute Gasteiger partial charge is 0.711 e. The molecule has 0 amide bonds. The van der Waals surface area contributed by atoms with Crippen LogP contribution in [0.4, 0.5) is 0 Å². The number of hydrogen-bond acceptors (Lipinski definition) is 3. The predicted molar refractivity (Wildman–Crippen MR) is 49.6 cm³/mol. The molecule has 5 nitrogen and oxygen atoms in total. The molecule has 0 saturated carbocycles. The fraction of sp³-hybridized carbons (Fsp3) is 0.556. The molecule has 0 aliphatic carbocycles. The monoisotopic (exact) mass is 198 g/mol. The van der Waals surface area contributed by atoms with E-state index in [1.807, 2.05) is 0 Å². The molecular formula is C9H14N2O3. The molecule has 0 fully saturated rings. The first-order chi connectivity index (χ1) is 6.49. The Bertz CT molecular complexity index is 357. The lowest BCUT2D eigenvalue weighted by molar-refractivity contribution is -0.611. The molecular weight excluding hydrogens is 184 g/mol. The summed E-state index contributed by atoms with van der Waals surface area (Å²) in [7, 11) is 1.33. The summed E-state index contributed by atoms with van der Waals surface area (Å²) in [6.45, 7) is 5.20. The minimum atomic E-state index is -0.464. The van der Waals surface area contributed by atoms with Gasteiger partial charge in [0.1, 0.15) is 11.4 Å². The van der Waals surface area contributed by atoms with Crippen molar-refractivity contribution in [3.63, 3.8) is 0 Å². The first-order valence-corrected chi connectivity index (χ1v) is 4.34. The Morgan fingerprint density at radius 3 is 2.57 bits per heavy atom. The van der Waals surface area contributed by atoms with E-state index < -0.39 is 6.04 Å². The molecule has 1 rings (SSSR count). The quantitative estimate of drug-likeness (QED) is 0.394. The Labute approximate surface area is 82.5 Å². The van der Waals surface area contributed by atoms with Gasteiger partial charge in [0.2, 0.25) is 6.33 Å². The van der Waals surface area contributed by atoms with Gasteiger partial charge in [-0.05, 0) is 6.92 Å². The van der Waals surface area contributed by atoms with Crippen LogP contribution in [0.3, 0.4) is 0 Å². The first-order valence-electron chi connectivity index (χ1n) is 4.34. The predicted octanol–water partition coefficient (Wildman–Crippen LogP) is 0.472. The molecule has 0 aromatic carbocycles. The van der Waals surface area contributed by atoms with E-state index in [0.29, 0.717) is 5.69 Å². The number of hydrogen-bond donors (Lipinski definition) is 0. The number of nitrogens with zero attached hydrogens (tertiary/aromatic N) is 2. The second-order valence-corrected chi connectivity index (χ2v) is 3.22. The maximum atomic E-state index is 11.2. The zero-order valence-electron chi connectivity index (χ0n) is 8.77. The molecule has 0 unspecified atom stereocenters. The topological polar surface area (TPSA) is 58.2 Å². The third kappa shape index (κ3) is 1.57. The summed E-state index contributed by atoms with van der Waals surface area (Å²) in [5, 5.41) is 11.2. The van der Waals surface area contributed by atoms with Crippen LogP contribution in [-0.4, -0.2) is 17.6 Å². The van der Waals surface area contributed by atoms with Gasteiger partial charge in [0.25, 0.3) is 0 Å². The first kappa shape index (κ1) is 10.6. The number of carbonyl (C=O) groups is 1. The lowest BCUT2D eigenvalue weighted by Crippen LogP contribution is -2.27. The van der Waals surface area contributed by atoms with Crippen LogP contribution in [0, 0.1) is 19.1 Å². The summed E-state index contributed by atoms with van der Waals surface area (Å²) in [6.07, 6.45) is 1.35. The molecule has 0 saturated heterocycles. The fourth-order valence-corrected chi connectivity index (χ4v) is 1.31. The fourth-order valence-electron chi connectivity index (χ4n) is 1.31. The second-order valence-electron chi connectivity index (χ2n) is 3.22. The van der Waals surface area contributed by atoms with Gasteiger partial charge in [-0.2, -0.15) is 0 Å². The molecule has 0 aliphatic rings. The molecule has 78 valence electrons. The number of imidazole rings is 1. The number of ether oxygens (including phenoxy) is 1. The van der Waals surface area contributed by atoms with Crippen molar-refractivity contribution in [2.75, 3.05) is 7.11 Å². The Morgan fingerprint density at radius 2 is 2.21 bits per heavy atom. The van der Waals surface area contributed by atoms with Crippen molar-refractivity contribution in [2.24, 2.45) is 0 Å². The van der Waals surface area contributed by atoms with Crippen LogP contribution in [-0.2, 0) is 9.53 Å². The Morgan fingerprint density at radius 1 is 1.64 bits per heavy atom. The van der Waals surface area contributed by atoms with Crippen molar-refractivity contribution in [1.82, 2.24) is 4.57 Å². The highest BCUT2D eigenvalue weighted by atomic mass is 16.5. The summed E-state index contributed by atoms with van der Waals surface area (Å²) in [4.78, 5) is 11.2. The zero-order valence-corrected chi connectivity index (χ0v) is 8.77. The van der Waals surface area contributed by atoms with Crippen molar-refractivity contribution in [2.45, 2.75) is 26.8 Å². The van der Waals surface area contributed by atoms with Crippen LogP contribution in [0.25, 0.3) is 0 Å². The van der Waals surface area contributed by atoms with Crippen molar-refractivity contribution < 1.29 is 14.3 Å². The molecule has 0 spiro atoms. The van der Waals surface area contributed by atoms with Gasteiger partial charge in [0.05, 0.1) is 7.11 Å². The maximum absolute atomic E-state index is 11.2. The van der Waals surface area contributed by atoms with Crippen LogP contribution in [0.1, 0.15) is 24.4 Å². The van der Waals surface area contributed by atoms with Gasteiger partial charge >= 0.3 is 5.97 Å². The van der Waals surface area contributed by atoms with E-state index in [2.05, 4.69) is 4.74 Å². The zero-order chi connectivity index (χ0) is 10.9. The molecule has 14 heavy (non-hydrogen) atoms. The van der Waals surface area contributed by atoms with Gasteiger partial charge in [-0.25, -0.2) is 14.1 Å². The molecule has 1 atom stereocenters. The van der Waals surface area contributed by atoms with Gasteiger partial charge in [-0.3, -0.25) is 0 Å². The number of esters is 1. The molecule has 0 N–H and O–H groups in total. The maximum Gasteiger partial charge on any atom is 0.351 e. The molecule has 1 heterocycles. The normalized spacial score (nSPS) is 12.6. The summed E-state index contributed by atoms with van der Waals surface area (Å²) >= 11 is 0. The smallest absolute Gasteiger partial charge is 0.351 e. The summed E-state index contributed by atoms with van der Waals surface area (Å²) in [5.41, 5.74) is 1.37. The van der Waals surface area contributed by atoms with Gasteiger partial charge < -0.3 is 9.94 Å². The van der Waals surface area contributed by atoms with Crippen LogP contribution in [0.5, 0.6) is 0 Å². The Kier molecular flexibility index (Phi) is 2.78. The van der Waals surface area contributed by atoms with Crippen molar-refractivity contribution in [3.05, 3.63) is 22.9 Å². The second kappa shape index (κ2) is 3.69. The van der Waals surface area contributed by atoms with Gasteiger partial charge in [0.15, 0.2) is 6.04 Å². The van der Waals surface area contributed by atoms with Crippen molar-refractivity contribution in [3.8, 4) is 0 Å². The summed E-state index contributed by atoms with van der Waals surface area (Å²) < 4.78 is 6.95. The van der Waals surface area contributed by atoms with E-state index >= 15 is 0 Å². The third-order valence-electron chi connectivity index (χ3n) is 2.43. The van der Waals surface area contributed by atoms with Crippen molar-refractivity contribution >= 4 is 5.97 Å². The van der Waals surface area contributed by atoms with Crippen LogP contribution < -0.4 is 4.73 Å². The highest BCUT2D eigenvalue weighted by Gasteiger charge is 2.24. The van der Waals surface area contributed by atoms with E-state index in [0.717, 1.165) is 10.4 Å². The number of aromatic nitrogens is 2. The van der Waals surface area contributed by atoms with Crippen LogP contribution in [0.2, 0.25) is 0 Å².